The van der Waals surface area contributed by atoms with Crippen molar-refractivity contribution >= 4 is 23.2 Å². The molecule has 0 radical (unpaired) electrons. The van der Waals surface area contributed by atoms with Crippen LogP contribution in [-0.4, -0.2) is 15.7 Å². The highest BCUT2D eigenvalue weighted by Gasteiger charge is 2.22. The van der Waals surface area contributed by atoms with Crippen molar-refractivity contribution in [3.8, 4) is 0 Å². The van der Waals surface area contributed by atoms with Gasteiger partial charge in [-0.05, 0) is 38.0 Å². The van der Waals surface area contributed by atoms with Crippen molar-refractivity contribution in [1.29, 1.82) is 0 Å². The minimum absolute atomic E-state index is 0.158. The summed E-state index contributed by atoms with van der Waals surface area (Å²) in [7, 11) is 1.91. The summed E-state index contributed by atoms with van der Waals surface area (Å²) >= 11 is 5.99. The van der Waals surface area contributed by atoms with E-state index in [1.807, 2.05) is 54.7 Å². The van der Waals surface area contributed by atoms with Crippen molar-refractivity contribution in [2.45, 2.75) is 59.4 Å². The molecule has 1 aromatic carbocycles. The molecule has 1 heterocycles. The van der Waals surface area contributed by atoms with Gasteiger partial charge in [-0.3, -0.25) is 9.48 Å². The lowest BCUT2D eigenvalue weighted by atomic mass is 10.1. The average molecular weight is 362 g/mol. The fourth-order valence-corrected chi connectivity index (χ4v) is 3.18. The van der Waals surface area contributed by atoms with Gasteiger partial charge in [-0.1, -0.05) is 49.9 Å². The molecule has 0 aliphatic carbocycles. The molecule has 1 aromatic heterocycles. The lowest BCUT2D eigenvalue weighted by Gasteiger charge is -2.23. The molecule has 0 aliphatic rings. The predicted molar refractivity (Wildman–Crippen MR) is 104 cm³/mol. The fraction of sp³-hybridized carbons (Fsp3) is 0.500. The van der Waals surface area contributed by atoms with Crippen molar-refractivity contribution in [2.24, 2.45) is 7.05 Å². The van der Waals surface area contributed by atoms with Crippen molar-refractivity contribution in [3.05, 3.63) is 46.2 Å². The van der Waals surface area contributed by atoms with Crippen LogP contribution in [0.1, 0.15) is 56.0 Å². The molecule has 0 saturated heterocycles. The molecule has 5 heteroatoms. The summed E-state index contributed by atoms with van der Waals surface area (Å²) in [4.78, 5) is 14.8. The van der Waals surface area contributed by atoms with Gasteiger partial charge in [0.1, 0.15) is 0 Å². The number of benzene rings is 1. The largest absolute Gasteiger partial charge is 0.305 e. The maximum Gasteiger partial charge on any atom is 0.227 e. The van der Waals surface area contributed by atoms with E-state index < -0.39 is 0 Å². The van der Waals surface area contributed by atoms with Crippen molar-refractivity contribution < 1.29 is 4.79 Å². The lowest BCUT2D eigenvalue weighted by molar-refractivity contribution is -0.118. The van der Waals surface area contributed by atoms with Crippen LogP contribution in [0.5, 0.6) is 0 Å². The Morgan fingerprint density at radius 2 is 1.84 bits per heavy atom. The zero-order chi connectivity index (χ0) is 18.4. The molecular formula is C20H28ClN3O. The quantitative estimate of drug-likeness (QED) is 0.606. The smallest absolute Gasteiger partial charge is 0.227 e. The first-order chi connectivity index (χ1) is 11.9. The number of anilines is 1. The number of nitrogens with zero attached hydrogens (tertiary/aromatic N) is 3. The first-order valence-corrected chi connectivity index (χ1v) is 9.36. The third kappa shape index (κ3) is 5.08. The van der Waals surface area contributed by atoms with Crippen LogP contribution in [0.3, 0.4) is 0 Å². The number of carbonyl (C=O) groups is 1. The van der Waals surface area contributed by atoms with Gasteiger partial charge in [-0.2, -0.15) is 5.10 Å². The van der Waals surface area contributed by atoms with Gasteiger partial charge in [-0.15, -0.1) is 0 Å². The molecule has 0 atom stereocenters. The van der Waals surface area contributed by atoms with E-state index in [4.69, 9.17) is 11.6 Å². The van der Waals surface area contributed by atoms with E-state index in [9.17, 15) is 4.79 Å². The molecule has 0 fully saturated rings. The molecule has 2 rings (SSSR count). The van der Waals surface area contributed by atoms with Crippen LogP contribution in [-0.2, 0) is 18.4 Å². The van der Waals surface area contributed by atoms with Crippen molar-refractivity contribution in [3.63, 3.8) is 0 Å². The van der Waals surface area contributed by atoms with Crippen LogP contribution in [0.15, 0.2) is 24.3 Å². The fourth-order valence-electron chi connectivity index (χ4n) is 3.06. The van der Waals surface area contributed by atoms with E-state index in [0.717, 1.165) is 35.5 Å². The molecule has 136 valence electrons. The Hall–Kier alpha value is -1.81. The van der Waals surface area contributed by atoms with Crippen LogP contribution >= 0.6 is 11.6 Å². The Balaban J connectivity index is 2.24. The molecule has 0 bridgehead atoms. The van der Waals surface area contributed by atoms with Gasteiger partial charge >= 0.3 is 0 Å². The molecular weight excluding hydrogens is 334 g/mol. The highest BCUT2D eigenvalue weighted by molar-refractivity contribution is 6.30. The molecule has 0 spiro atoms. The summed E-state index contributed by atoms with van der Waals surface area (Å²) < 4.78 is 1.84. The Morgan fingerprint density at radius 1 is 1.16 bits per heavy atom. The van der Waals surface area contributed by atoms with Gasteiger partial charge < -0.3 is 4.90 Å². The predicted octanol–water partition coefficient (Wildman–Crippen LogP) is 5.19. The minimum atomic E-state index is 0.158. The first-order valence-electron chi connectivity index (χ1n) is 8.99. The molecule has 4 nitrogen and oxygen atoms in total. The van der Waals surface area contributed by atoms with Gasteiger partial charge in [0.25, 0.3) is 0 Å². The highest BCUT2D eigenvalue weighted by atomic mass is 35.5. The summed E-state index contributed by atoms with van der Waals surface area (Å²) in [6, 6.07) is 7.68. The van der Waals surface area contributed by atoms with Gasteiger partial charge in [0.05, 0.1) is 23.6 Å². The number of amides is 1. The number of hydrogen-bond donors (Lipinski definition) is 0. The normalized spacial score (nSPS) is 10.9. The van der Waals surface area contributed by atoms with Crippen LogP contribution in [0, 0.1) is 13.8 Å². The van der Waals surface area contributed by atoms with Gasteiger partial charge in [0.2, 0.25) is 5.91 Å². The number of rotatable bonds is 8. The zero-order valence-corrected chi connectivity index (χ0v) is 16.4. The number of unbranched alkanes of at least 4 members (excludes halogenated alkanes) is 3. The van der Waals surface area contributed by atoms with Crippen molar-refractivity contribution in [1.82, 2.24) is 9.78 Å². The molecule has 2 aromatic rings. The zero-order valence-electron chi connectivity index (χ0n) is 15.7. The highest BCUT2D eigenvalue weighted by Crippen LogP contribution is 2.27. The van der Waals surface area contributed by atoms with Gasteiger partial charge in [0.15, 0.2) is 0 Å². The third-order valence-electron chi connectivity index (χ3n) is 4.54. The molecule has 0 N–H and O–H groups in total. The monoisotopic (exact) mass is 361 g/mol. The standard InChI is InChI=1S/C20H28ClN3O/c1-5-6-7-8-9-19(25)24(14-17-10-12-18(21)13-11-17)20-15(2)22-23(4)16(20)3/h10-13H,5-9,14H2,1-4H3. The Bertz CT molecular complexity index is 706. The van der Waals surface area contributed by atoms with Crippen LogP contribution < -0.4 is 4.90 Å². The van der Waals surface area contributed by atoms with E-state index in [2.05, 4.69) is 12.0 Å². The molecule has 0 aliphatic heterocycles. The van der Waals surface area contributed by atoms with E-state index >= 15 is 0 Å². The van der Waals surface area contributed by atoms with Gasteiger partial charge in [0, 0.05) is 18.5 Å². The van der Waals surface area contributed by atoms with E-state index in [-0.39, 0.29) is 5.91 Å². The second kappa shape index (κ2) is 9.04. The second-order valence-corrected chi connectivity index (χ2v) is 7.00. The summed E-state index contributed by atoms with van der Waals surface area (Å²) in [5.41, 5.74) is 3.89. The Morgan fingerprint density at radius 3 is 2.40 bits per heavy atom. The Kier molecular flexibility index (Phi) is 7.06. The maximum atomic E-state index is 13.0. The summed E-state index contributed by atoms with van der Waals surface area (Å²) in [6.45, 7) is 6.68. The number of halogens is 1. The first kappa shape index (κ1) is 19.5. The topological polar surface area (TPSA) is 38.1 Å². The summed E-state index contributed by atoms with van der Waals surface area (Å²) in [5.74, 6) is 0.158. The maximum absolute atomic E-state index is 13.0. The molecule has 1 amide bonds. The molecule has 0 unspecified atom stereocenters. The van der Waals surface area contributed by atoms with E-state index in [1.54, 1.807) is 0 Å². The van der Waals surface area contributed by atoms with Crippen LogP contribution in [0.2, 0.25) is 5.02 Å². The second-order valence-electron chi connectivity index (χ2n) is 6.56. The van der Waals surface area contributed by atoms with Crippen molar-refractivity contribution in [2.75, 3.05) is 4.90 Å². The van der Waals surface area contributed by atoms with Gasteiger partial charge in [-0.25, -0.2) is 0 Å². The van der Waals surface area contributed by atoms with E-state index in [0.29, 0.717) is 18.0 Å². The van der Waals surface area contributed by atoms with Crippen LogP contribution in [0.25, 0.3) is 0 Å². The number of aryl methyl sites for hydroxylation is 2. The lowest BCUT2D eigenvalue weighted by Crippen LogP contribution is -2.31. The average Bonchev–Trinajstić information content (AvgIpc) is 2.83. The number of hydrogen-bond acceptors (Lipinski definition) is 2. The summed E-state index contributed by atoms with van der Waals surface area (Å²) in [5, 5.41) is 5.18. The summed E-state index contributed by atoms with van der Waals surface area (Å²) in [6.07, 6.45) is 4.95. The minimum Gasteiger partial charge on any atom is -0.305 e. The number of carbonyl (C=O) groups excluding carboxylic acids is 1. The SMILES string of the molecule is CCCCCCC(=O)N(Cc1ccc(Cl)cc1)c1c(C)nn(C)c1C. The molecule has 25 heavy (non-hydrogen) atoms. The Labute approximate surface area is 155 Å². The van der Waals surface area contributed by atoms with E-state index in [1.165, 1.54) is 12.8 Å². The number of aromatic nitrogens is 2. The van der Waals surface area contributed by atoms with Crippen LogP contribution in [0.4, 0.5) is 5.69 Å². The molecule has 0 saturated carbocycles. The third-order valence-corrected chi connectivity index (χ3v) is 4.79.